The molecular formula is C23H18BF4NO2. The molecule has 0 atom stereocenters. The zero-order valence-corrected chi connectivity index (χ0v) is 16.5. The van der Waals surface area contributed by atoms with E-state index >= 15 is 0 Å². The standard InChI is InChI=1S/C23H17NO2.BF4/c1-16(25)17-11-13-19(14-12-17)24-21-15-23(18-7-3-2-4-8-18)26-22-10-6-5-9-20(21)22;2-1(3,4)5/h2-15H,1H3;/q;-1/p+1. The number of halogens is 4. The summed E-state index contributed by atoms with van der Waals surface area (Å²) in [5.41, 5.74) is 3.46. The zero-order valence-electron chi connectivity index (χ0n) is 16.5. The van der Waals surface area contributed by atoms with Gasteiger partial charge in [0.1, 0.15) is 11.3 Å². The normalized spacial score (nSPS) is 11.7. The highest BCUT2D eigenvalue weighted by Gasteiger charge is 2.20. The monoisotopic (exact) mass is 427 g/mol. The number of carbonyl (C=O) groups is 1. The molecular weight excluding hydrogens is 409 g/mol. The molecule has 3 nitrogen and oxygen atoms in total. The van der Waals surface area contributed by atoms with Gasteiger partial charge in [-0.2, -0.15) is 0 Å². The van der Waals surface area contributed by atoms with Crippen LogP contribution in [0.15, 0.2) is 89.3 Å². The van der Waals surface area contributed by atoms with E-state index < -0.39 is 7.25 Å². The van der Waals surface area contributed by atoms with Gasteiger partial charge in [-0.15, -0.1) is 0 Å². The van der Waals surface area contributed by atoms with E-state index in [1.807, 2.05) is 84.9 Å². The number of rotatable bonds is 3. The van der Waals surface area contributed by atoms with Gasteiger partial charge in [-0.25, -0.2) is 4.99 Å². The van der Waals surface area contributed by atoms with E-state index in [0.717, 1.165) is 33.3 Å². The number of fused-ring (bicyclic) bond motifs is 1. The Morgan fingerprint density at radius 1 is 0.839 bits per heavy atom. The van der Waals surface area contributed by atoms with Gasteiger partial charge < -0.3 is 21.7 Å². The molecule has 8 heteroatoms. The van der Waals surface area contributed by atoms with E-state index in [4.69, 9.17) is 4.42 Å². The van der Waals surface area contributed by atoms with Crippen LogP contribution in [0.1, 0.15) is 17.3 Å². The topological polar surface area (TPSA) is 44.2 Å². The molecule has 1 heterocycles. The number of ketones is 1. The van der Waals surface area contributed by atoms with Crippen LogP contribution in [0.5, 0.6) is 0 Å². The van der Waals surface area contributed by atoms with Crippen LogP contribution >= 0.6 is 0 Å². The second-order valence-corrected chi connectivity index (χ2v) is 6.64. The van der Waals surface area contributed by atoms with E-state index in [-0.39, 0.29) is 5.78 Å². The highest BCUT2D eigenvalue weighted by Crippen LogP contribution is 2.21. The number of para-hydroxylation sites is 1. The maximum Gasteiger partial charge on any atom is 0.673 e. The van der Waals surface area contributed by atoms with Crippen molar-refractivity contribution in [3.63, 3.8) is 0 Å². The van der Waals surface area contributed by atoms with Crippen molar-refractivity contribution < 1.29 is 31.5 Å². The smallest absolute Gasteiger partial charge is 0.456 e. The molecule has 4 rings (SSSR count). The number of Topliss-reactive ketones (excluding diaryl/α,β-unsaturated/α-hetero) is 1. The summed E-state index contributed by atoms with van der Waals surface area (Å²) in [6.45, 7) is 1.57. The second-order valence-electron chi connectivity index (χ2n) is 6.64. The van der Waals surface area contributed by atoms with E-state index in [1.54, 1.807) is 6.92 Å². The SMILES string of the molecule is CC(=O)c1ccc([NH+]=c2cc(-c3ccccc3)oc3ccccc23)cc1.F[B-](F)(F)F. The van der Waals surface area contributed by atoms with E-state index in [2.05, 4.69) is 4.99 Å². The molecule has 0 aliphatic heterocycles. The van der Waals surface area contributed by atoms with Crippen molar-refractivity contribution in [2.24, 2.45) is 0 Å². The van der Waals surface area contributed by atoms with Crippen molar-refractivity contribution >= 4 is 29.7 Å². The predicted octanol–water partition coefficient (Wildman–Crippen LogP) is 4.92. The number of benzene rings is 3. The Morgan fingerprint density at radius 2 is 1.42 bits per heavy atom. The van der Waals surface area contributed by atoms with Crippen LogP contribution in [-0.2, 0) is 0 Å². The number of hydrogen-bond acceptors (Lipinski definition) is 2. The molecule has 0 fully saturated rings. The fourth-order valence-electron chi connectivity index (χ4n) is 2.93. The molecule has 3 aromatic carbocycles. The van der Waals surface area contributed by atoms with Crippen LogP contribution < -0.4 is 10.3 Å². The average molecular weight is 427 g/mol. The summed E-state index contributed by atoms with van der Waals surface area (Å²) in [4.78, 5) is 14.9. The van der Waals surface area contributed by atoms with E-state index in [0.29, 0.717) is 5.56 Å². The molecule has 31 heavy (non-hydrogen) atoms. The van der Waals surface area contributed by atoms with Crippen molar-refractivity contribution in [2.75, 3.05) is 0 Å². The quantitative estimate of drug-likeness (QED) is 0.287. The van der Waals surface area contributed by atoms with E-state index in [1.165, 1.54) is 0 Å². The Bertz CT molecular complexity index is 1240. The molecule has 0 saturated heterocycles. The van der Waals surface area contributed by atoms with Gasteiger partial charge in [-0.1, -0.05) is 42.5 Å². The Hall–Kier alpha value is -3.68. The molecule has 0 unspecified atom stereocenters. The molecule has 0 spiro atoms. The third-order valence-corrected chi connectivity index (χ3v) is 4.30. The van der Waals surface area contributed by atoms with Crippen molar-refractivity contribution in [2.45, 2.75) is 6.92 Å². The van der Waals surface area contributed by atoms with Gasteiger partial charge >= 0.3 is 7.25 Å². The minimum absolute atomic E-state index is 0.0619. The summed E-state index contributed by atoms with van der Waals surface area (Å²) in [6.07, 6.45) is 0. The summed E-state index contributed by atoms with van der Waals surface area (Å²) in [7, 11) is -6.00. The number of carbonyl (C=O) groups excluding carboxylic acids is 1. The summed E-state index contributed by atoms with van der Waals surface area (Å²) in [5.74, 6) is 0.860. The molecule has 0 saturated carbocycles. The molecule has 158 valence electrons. The second kappa shape index (κ2) is 9.42. The first-order valence-corrected chi connectivity index (χ1v) is 9.37. The van der Waals surface area contributed by atoms with Crippen molar-refractivity contribution in [3.8, 4) is 11.3 Å². The molecule has 1 N–H and O–H groups in total. The first-order chi connectivity index (χ1) is 14.7. The third kappa shape index (κ3) is 6.40. The van der Waals surface area contributed by atoms with Crippen LogP contribution in [0.2, 0.25) is 0 Å². The lowest BCUT2D eigenvalue weighted by atomic mass is 10.1. The first kappa shape index (κ1) is 22.0. The predicted molar refractivity (Wildman–Crippen MR) is 112 cm³/mol. The highest BCUT2D eigenvalue weighted by atomic mass is 19.5. The lowest BCUT2D eigenvalue weighted by Crippen LogP contribution is -2.70. The zero-order chi connectivity index (χ0) is 22.4. The van der Waals surface area contributed by atoms with Crippen LogP contribution in [0.3, 0.4) is 0 Å². The van der Waals surface area contributed by atoms with Gasteiger partial charge in [0.15, 0.2) is 5.78 Å². The fraction of sp³-hybridized carbons (Fsp3) is 0.0435. The first-order valence-electron chi connectivity index (χ1n) is 9.37. The Balaban J connectivity index is 0.000000491. The molecule has 0 aliphatic carbocycles. The van der Waals surface area contributed by atoms with Crippen molar-refractivity contribution in [1.29, 1.82) is 0 Å². The molecule has 4 aromatic rings. The average Bonchev–Trinajstić information content (AvgIpc) is 2.73. The Kier molecular flexibility index (Phi) is 6.69. The van der Waals surface area contributed by atoms with Crippen molar-refractivity contribution in [3.05, 3.63) is 95.8 Å². The molecule has 0 radical (unpaired) electrons. The van der Waals surface area contributed by atoms with Crippen LogP contribution in [0.4, 0.5) is 23.0 Å². The van der Waals surface area contributed by atoms with Crippen LogP contribution in [0.25, 0.3) is 22.3 Å². The summed E-state index contributed by atoms with van der Waals surface area (Å²) >= 11 is 0. The Morgan fingerprint density at radius 3 is 2.03 bits per heavy atom. The lowest BCUT2D eigenvalue weighted by Gasteiger charge is -2.02. The van der Waals surface area contributed by atoms with Gasteiger partial charge in [0.25, 0.3) is 0 Å². The third-order valence-electron chi connectivity index (χ3n) is 4.30. The summed E-state index contributed by atoms with van der Waals surface area (Å²) < 4.78 is 45.1. The largest absolute Gasteiger partial charge is 0.673 e. The minimum atomic E-state index is -6.00. The Labute approximate surface area is 175 Å². The van der Waals surface area contributed by atoms with Gasteiger partial charge in [0.2, 0.25) is 11.0 Å². The maximum absolute atomic E-state index is 11.5. The highest BCUT2D eigenvalue weighted by molar-refractivity contribution is 6.50. The number of nitrogens with one attached hydrogen (secondary N) is 1. The molecule has 0 amide bonds. The van der Waals surface area contributed by atoms with Crippen LogP contribution in [-0.4, -0.2) is 13.0 Å². The number of hydrogen-bond donors (Lipinski definition) is 1. The molecule has 1 aromatic heterocycles. The summed E-state index contributed by atoms with van der Waals surface area (Å²) in [6, 6.07) is 27.5. The summed E-state index contributed by atoms with van der Waals surface area (Å²) in [5, 5.41) is 1.96. The lowest BCUT2D eigenvalue weighted by molar-refractivity contribution is -0.400. The van der Waals surface area contributed by atoms with E-state index in [9.17, 15) is 22.1 Å². The maximum atomic E-state index is 11.5. The molecule has 0 bridgehead atoms. The van der Waals surface area contributed by atoms with Crippen LogP contribution in [0, 0.1) is 0 Å². The van der Waals surface area contributed by atoms with Gasteiger partial charge in [-0.05, 0) is 31.2 Å². The van der Waals surface area contributed by atoms with Crippen molar-refractivity contribution in [1.82, 2.24) is 0 Å². The van der Waals surface area contributed by atoms with Gasteiger partial charge in [0, 0.05) is 23.3 Å². The van der Waals surface area contributed by atoms with Gasteiger partial charge in [-0.3, -0.25) is 4.79 Å². The fourth-order valence-corrected chi connectivity index (χ4v) is 2.93. The molecule has 0 aliphatic rings. The minimum Gasteiger partial charge on any atom is -0.456 e. The van der Waals surface area contributed by atoms with Gasteiger partial charge in [0.05, 0.1) is 11.5 Å².